The van der Waals surface area contributed by atoms with Gasteiger partial charge in [-0.15, -0.1) is 0 Å². The molecule has 2 rings (SSSR count). The van der Waals surface area contributed by atoms with Gasteiger partial charge in [-0.3, -0.25) is 0 Å². The molecule has 0 saturated carbocycles. The monoisotopic (exact) mass is 295 g/mol. The topological polar surface area (TPSA) is 53.1 Å². The zero-order valence-corrected chi connectivity index (χ0v) is 11.1. The van der Waals surface area contributed by atoms with Crippen molar-refractivity contribution >= 4 is 21.7 Å². The first kappa shape index (κ1) is 12.0. The third kappa shape index (κ3) is 2.79. The van der Waals surface area contributed by atoms with Gasteiger partial charge in [-0.2, -0.15) is 5.10 Å². The summed E-state index contributed by atoms with van der Waals surface area (Å²) in [6, 6.07) is 7.93. The summed E-state index contributed by atoms with van der Waals surface area (Å²) in [6.45, 7) is 3.30. The van der Waals surface area contributed by atoms with E-state index in [-0.39, 0.29) is 0 Å². The third-order valence-electron chi connectivity index (χ3n) is 2.40. The van der Waals surface area contributed by atoms with Crippen LogP contribution in [0.3, 0.4) is 0 Å². The number of rotatable bonds is 4. The molecular weight excluding hydrogens is 282 g/mol. The predicted molar refractivity (Wildman–Crippen MR) is 71.1 cm³/mol. The molecule has 2 aromatic rings. The van der Waals surface area contributed by atoms with Gasteiger partial charge in [0, 0.05) is 0 Å². The number of aromatic nitrogens is 2. The molecule has 0 spiro atoms. The molecule has 4 nitrogen and oxygen atoms in total. The van der Waals surface area contributed by atoms with E-state index in [1.807, 2.05) is 31.2 Å². The number of ether oxygens (including phenoxy) is 1. The number of hydrogen-bond donors (Lipinski definition) is 1. The Morgan fingerprint density at radius 1 is 1.35 bits per heavy atom. The molecule has 0 atom stereocenters. The predicted octanol–water partition coefficient (Wildman–Crippen LogP) is 2.67. The fourth-order valence-corrected chi connectivity index (χ4v) is 1.82. The first-order chi connectivity index (χ1) is 8.20. The molecule has 17 heavy (non-hydrogen) atoms. The fourth-order valence-electron chi connectivity index (χ4n) is 1.53. The van der Waals surface area contributed by atoms with E-state index >= 15 is 0 Å². The van der Waals surface area contributed by atoms with Crippen molar-refractivity contribution in [1.82, 2.24) is 9.78 Å². The normalized spacial score (nSPS) is 10.5. The van der Waals surface area contributed by atoms with Gasteiger partial charge in [0.1, 0.15) is 11.6 Å². The first-order valence-electron chi connectivity index (χ1n) is 5.39. The van der Waals surface area contributed by atoms with Crippen molar-refractivity contribution in [2.75, 3.05) is 12.3 Å². The highest BCUT2D eigenvalue weighted by Gasteiger charge is 2.04. The van der Waals surface area contributed by atoms with E-state index < -0.39 is 0 Å². The molecule has 0 aliphatic heterocycles. The minimum absolute atomic E-state index is 0.638. The van der Waals surface area contributed by atoms with Crippen molar-refractivity contribution in [3.05, 3.63) is 40.5 Å². The maximum Gasteiger partial charge on any atom is 0.136 e. The number of nitrogen functional groups attached to an aromatic ring is 1. The largest absolute Gasteiger partial charge is 0.494 e. The number of nitrogens with two attached hydrogens (primary N) is 1. The maximum atomic E-state index is 5.86. The van der Waals surface area contributed by atoms with Crippen LogP contribution in [-0.4, -0.2) is 16.4 Å². The molecule has 0 radical (unpaired) electrons. The number of benzene rings is 1. The number of nitrogens with zero attached hydrogens (tertiary/aromatic N) is 2. The molecule has 90 valence electrons. The second-order valence-electron chi connectivity index (χ2n) is 3.61. The highest BCUT2D eigenvalue weighted by Crippen LogP contribution is 2.19. The molecule has 1 heterocycles. The van der Waals surface area contributed by atoms with Crippen LogP contribution in [0.5, 0.6) is 5.75 Å². The summed E-state index contributed by atoms with van der Waals surface area (Å²) in [5.41, 5.74) is 6.99. The lowest BCUT2D eigenvalue weighted by Crippen LogP contribution is -2.05. The summed E-state index contributed by atoms with van der Waals surface area (Å²) in [5, 5.41) is 4.18. The third-order valence-corrected chi connectivity index (χ3v) is 3.01. The summed E-state index contributed by atoms with van der Waals surface area (Å²) in [6.07, 6.45) is 1.70. The van der Waals surface area contributed by atoms with Crippen LogP contribution >= 0.6 is 15.9 Å². The summed E-state index contributed by atoms with van der Waals surface area (Å²) in [4.78, 5) is 0. The molecule has 0 aliphatic carbocycles. The van der Waals surface area contributed by atoms with E-state index in [4.69, 9.17) is 10.5 Å². The number of anilines is 1. The van der Waals surface area contributed by atoms with Crippen molar-refractivity contribution in [2.45, 2.75) is 13.5 Å². The van der Waals surface area contributed by atoms with Crippen LogP contribution in [0.4, 0.5) is 5.82 Å². The van der Waals surface area contributed by atoms with Gasteiger partial charge in [0.25, 0.3) is 0 Å². The average Bonchev–Trinajstić information content (AvgIpc) is 2.64. The Hall–Kier alpha value is -1.49. The Morgan fingerprint density at radius 2 is 2.06 bits per heavy atom. The average molecular weight is 296 g/mol. The molecule has 0 aliphatic rings. The lowest BCUT2D eigenvalue weighted by Gasteiger charge is -2.06. The first-order valence-corrected chi connectivity index (χ1v) is 6.18. The second kappa shape index (κ2) is 5.23. The molecule has 0 saturated heterocycles. The van der Waals surface area contributed by atoms with Crippen molar-refractivity contribution in [2.24, 2.45) is 0 Å². The van der Waals surface area contributed by atoms with Crippen LogP contribution in [0.1, 0.15) is 12.5 Å². The Bertz CT molecular complexity index is 493. The van der Waals surface area contributed by atoms with Gasteiger partial charge in [-0.1, -0.05) is 12.1 Å². The van der Waals surface area contributed by atoms with Crippen LogP contribution in [0.15, 0.2) is 34.9 Å². The zero-order chi connectivity index (χ0) is 12.3. The van der Waals surface area contributed by atoms with Gasteiger partial charge >= 0.3 is 0 Å². The Balaban J connectivity index is 2.11. The van der Waals surface area contributed by atoms with E-state index in [0.717, 1.165) is 15.8 Å². The van der Waals surface area contributed by atoms with Crippen LogP contribution in [-0.2, 0) is 6.54 Å². The van der Waals surface area contributed by atoms with Gasteiger partial charge in [0.05, 0.1) is 23.8 Å². The lowest BCUT2D eigenvalue weighted by atomic mass is 10.2. The summed E-state index contributed by atoms with van der Waals surface area (Å²) in [7, 11) is 0. The second-order valence-corrected chi connectivity index (χ2v) is 4.47. The minimum Gasteiger partial charge on any atom is -0.494 e. The molecule has 2 N–H and O–H groups in total. The van der Waals surface area contributed by atoms with Crippen molar-refractivity contribution in [3.8, 4) is 5.75 Å². The van der Waals surface area contributed by atoms with Crippen LogP contribution in [0.2, 0.25) is 0 Å². The number of halogens is 1. The van der Waals surface area contributed by atoms with Crippen LogP contribution in [0.25, 0.3) is 0 Å². The van der Waals surface area contributed by atoms with Gasteiger partial charge < -0.3 is 10.5 Å². The van der Waals surface area contributed by atoms with Crippen LogP contribution in [0, 0.1) is 0 Å². The molecule has 1 aromatic heterocycles. The van der Waals surface area contributed by atoms with E-state index in [1.165, 1.54) is 0 Å². The molecule has 1 aromatic carbocycles. The van der Waals surface area contributed by atoms with Gasteiger partial charge in [0.15, 0.2) is 0 Å². The summed E-state index contributed by atoms with van der Waals surface area (Å²) < 4.78 is 7.96. The standard InChI is InChI=1S/C12H14BrN3O/c1-2-17-10-5-3-9(4-6-10)8-16-12(14)11(13)7-15-16/h3-7H,2,8,14H2,1H3. The van der Waals surface area contributed by atoms with Gasteiger partial charge in [0.2, 0.25) is 0 Å². The molecular formula is C12H14BrN3O. The Morgan fingerprint density at radius 3 is 2.59 bits per heavy atom. The molecule has 0 amide bonds. The quantitative estimate of drug-likeness (QED) is 0.943. The van der Waals surface area contributed by atoms with Crippen molar-refractivity contribution < 1.29 is 4.74 Å². The highest BCUT2D eigenvalue weighted by atomic mass is 79.9. The number of hydrogen-bond acceptors (Lipinski definition) is 3. The van der Waals surface area contributed by atoms with Crippen molar-refractivity contribution in [3.63, 3.8) is 0 Å². The molecule has 5 heteroatoms. The molecule has 0 fully saturated rings. The molecule has 0 unspecified atom stereocenters. The smallest absolute Gasteiger partial charge is 0.136 e. The van der Waals surface area contributed by atoms with E-state index in [2.05, 4.69) is 21.0 Å². The van der Waals surface area contributed by atoms with E-state index in [9.17, 15) is 0 Å². The summed E-state index contributed by atoms with van der Waals surface area (Å²) >= 11 is 3.33. The molecule has 0 bridgehead atoms. The summed E-state index contributed by atoms with van der Waals surface area (Å²) in [5.74, 6) is 1.52. The van der Waals surface area contributed by atoms with E-state index in [0.29, 0.717) is 19.0 Å². The lowest BCUT2D eigenvalue weighted by molar-refractivity contribution is 0.340. The van der Waals surface area contributed by atoms with Crippen molar-refractivity contribution in [1.29, 1.82) is 0 Å². The fraction of sp³-hybridized carbons (Fsp3) is 0.250. The Kier molecular flexibility index (Phi) is 3.68. The zero-order valence-electron chi connectivity index (χ0n) is 9.56. The minimum atomic E-state index is 0.638. The van der Waals surface area contributed by atoms with Crippen LogP contribution < -0.4 is 10.5 Å². The highest BCUT2D eigenvalue weighted by molar-refractivity contribution is 9.10. The Labute approximate surface area is 109 Å². The SMILES string of the molecule is CCOc1ccc(Cn2ncc(Br)c2N)cc1. The van der Waals surface area contributed by atoms with E-state index in [1.54, 1.807) is 10.9 Å². The maximum absolute atomic E-state index is 5.86. The van der Waals surface area contributed by atoms with Gasteiger partial charge in [-0.25, -0.2) is 4.68 Å². The van der Waals surface area contributed by atoms with Gasteiger partial charge in [-0.05, 0) is 40.5 Å².